The van der Waals surface area contributed by atoms with Crippen LogP contribution in [-0.4, -0.2) is 46.3 Å². The van der Waals surface area contributed by atoms with E-state index in [1.807, 2.05) is 30.3 Å². The van der Waals surface area contributed by atoms with Gasteiger partial charge in [0.15, 0.2) is 0 Å². The van der Waals surface area contributed by atoms with Crippen molar-refractivity contribution in [2.24, 2.45) is 5.92 Å². The van der Waals surface area contributed by atoms with E-state index in [4.69, 9.17) is 0 Å². The molecule has 2 heterocycles. The Morgan fingerprint density at radius 3 is 2.59 bits per heavy atom. The summed E-state index contributed by atoms with van der Waals surface area (Å²) in [6, 6.07) is 13.1. The Bertz CT molecular complexity index is 810. The maximum atomic E-state index is 12.3. The topological polar surface area (TPSA) is 67.2 Å². The first-order chi connectivity index (χ1) is 13.0. The molecule has 1 N–H and O–H groups in total. The van der Waals surface area contributed by atoms with Crippen molar-refractivity contribution in [3.8, 4) is 11.3 Å². The second kappa shape index (κ2) is 8.95. The van der Waals surface area contributed by atoms with Crippen molar-refractivity contribution in [3.05, 3.63) is 52.8 Å². The lowest BCUT2D eigenvalue weighted by atomic mass is 9.98. The smallest absolute Gasteiger partial charge is 0.267 e. The fraction of sp³-hybridized carbons (Fsp3) is 0.476. The van der Waals surface area contributed by atoms with Crippen LogP contribution in [0.15, 0.2) is 47.3 Å². The van der Waals surface area contributed by atoms with Crippen LogP contribution in [0.5, 0.6) is 0 Å². The average Bonchev–Trinajstić information content (AvgIpc) is 2.69. The third-order valence-electron chi connectivity index (χ3n) is 5.27. The van der Waals surface area contributed by atoms with Crippen LogP contribution in [0.25, 0.3) is 11.3 Å². The van der Waals surface area contributed by atoms with Gasteiger partial charge in [0.05, 0.1) is 5.69 Å². The molecule has 0 spiro atoms. The van der Waals surface area contributed by atoms with Gasteiger partial charge in [-0.15, -0.1) is 0 Å². The van der Waals surface area contributed by atoms with Crippen molar-refractivity contribution < 1.29 is 4.79 Å². The first kappa shape index (κ1) is 19.3. The van der Waals surface area contributed by atoms with E-state index in [0.717, 1.165) is 24.6 Å². The molecule has 0 bridgehead atoms. The van der Waals surface area contributed by atoms with Crippen molar-refractivity contribution in [1.29, 1.82) is 0 Å². The number of nitrogens with zero attached hydrogens (tertiary/aromatic N) is 3. The van der Waals surface area contributed by atoms with E-state index in [-0.39, 0.29) is 18.0 Å². The number of nitrogens with one attached hydrogen (secondary N) is 1. The van der Waals surface area contributed by atoms with E-state index in [1.165, 1.54) is 23.6 Å². The number of carbonyl (C=O) groups excluding carboxylic acids is 1. The summed E-state index contributed by atoms with van der Waals surface area (Å²) in [6.45, 7) is 7.11. The molecule has 0 unspecified atom stereocenters. The summed E-state index contributed by atoms with van der Waals surface area (Å²) in [5, 5.41) is 7.29. The second-order valence-corrected chi connectivity index (χ2v) is 7.45. The van der Waals surface area contributed by atoms with Crippen LogP contribution in [0.2, 0.25) is 0 Å². The molecule has 0 aliphatic carbocycles. The number of carbonyl (C=O) groups is 1. The molecule has 144 valence electrons. The van der Waals surface area contributed by atoms with Crippen LogP contribution in [0.1, 0.15) is 26.7 Å². The number of hydrogen-bond acceptors (Lipinski definition) is 4. The Balaban J connectivity index is 1.57. The molecule has 0 saturated carbocycles. The normalized spacial score (nSPS) is 16.8. The SMILES string of the molecule is CC1CCN([C@H](C)CNC(=O)Cn2nc(-c3ccccc3)ccc2=O)CC1. The Kier molecular flexibility index (Phi) is 6.40. The highest BCUT2D eigenvalue weighted by Crippen LogP contribution is 2.17. The first-order valence-electron chi connectivity index (χ1n) is 9.67. The number of benzene rings is 1. The van der Waals surface area contributed by atoms with E-state index in [9.17, 15) is 9.59 Å². The lowest BCUT2D eigenvalue weighted by Gasteiger charge is -2.35. The summed E-state index contributed by atoms with van der Waals surface area (Å²) in [4.78, 5) is 26.8. The van der Waals surface area contributed by atoms with Gasteiger partial charge in [-0.2, -0.15) is 5.10 Å². The minimum atomic E-state index is -0.275. The summed E-state index contributed by atoms with van der Waals surface area (Å²) >= 11 is 0. The van der Waals surface area contributed by atoms with Crippen molar-refractivity contribution in [2.45, 2.75) is 39.3 Å². The van der Waals surface area contributed by atoms with Gasteiger partial charge >= 0.3 is 0 Å². The molecule has 1 aromatic carbocycles. The zero-order valence-corrected chi connectivity index (χ0v) is 16.1. The van der Waals surface area contributed by atoms with Crippen LogP contribution in [0, 0.1) is 5.92 Å². The van der Waals surface area contributed by atoms with Gasteiger partial charge in [-0.3, -0.25) is 14.5 Å². The highest BCUT2D eigenvalue weighted by atomic mass is 16.2. The first-order valence-corrected chi connectivity index (χ1v) is 9.67. The Hall–Kier alpha value is -2.47. The van der Waals surface area contributed by atoms with Gasteiger partial charge in [0, 0.05) is 24.2 Å². The molecular formula is C21H28N4O2. The van der Waals surface area contributed by atoms with E-state index in [1.54, 1.807) is 6.07 Å². The van der Waals surface area contributed by atoms with Crippen LogP contribution in [-0.2, 0) is 11.3 Å². The summed E-state index contributed by atoms with van der Waals surface area (Å²) in [7, 11) is 0. The molecule has 1 amide bonds. The fourth-order valence-corrected chi connectivity index (χ4v) is 3.38. The number of hydrogen-bond donors (Lipinski definition) is 1. The molecule has 1 fully saturated rings. The highest BCUT2D eigenvalue weighted by Gasteiger charge is 2.20. The van der Waals surface area contributed by atoms with E-state index >= 15 is 0 Å². The minimum Gasteiger partial charge on any atom is -0.353 e. The van der Waals surface area contributed by atoms with E-state index < -0.39 is 0 Å². The lowest BCUT2D eigenvalue weighted by molar-refractivity contribution is -0.122. The molecule has 1 saturated heterocycles. The molecule has 6 heteroatoms. The van der Waals surface area contributed by atoms with Crippen LogP contribution in [0.3, 0.4) is 0 Å². The fourth-order valence-electron chi connectivity index (χ4n) is 3.38. The number of amides is 1. The third-order valence-corrected chi connectivity index (χ3v) is 5.27. The van der Waals surface area contributed by atoms with Crippen molar-refractivity contribution in [2.75, 3.05) is 19.6 Å². The summed E-state index contributed by atoms with van der Waals surface area (Å²) < 4.78 is 1.23. The van der Waals surface area contributed by atoms with Crippen molar-refractivity contribution in [1.82, 2.24) is 20.0 Å². The maximum Gasteiger partial charge on any atom is 0.267 e. The zero-order valence-electron chi connectivity index (χ0n) is 16.1. The molecule has 1 aromatic heterocycles. The molecule has 1 aliphatic rings. The molecule has 2 aromatic rings. The molecule has 1 atom stereocenters. The Labute approximate surface area is 160 Å². The quantitative estimate of drug-likeness (QED) is 0.848. The lowest BCUT2D eigenvalue weighted by Crippen LogP contribution is -2.46. The van der Waals surface area contributed by atoms with Crippen molar-refractivity contribution >= 4 is 5.91 Å². The minimum absolute atomic E-state index is 0.0662. The highest BCUT2D eigenvalue weighted by molar-refractivity contribution is 5.75. The number of aromatic nitrogens is 2. The van der Waals surface area contributed by atoms with Crippen molar-refractivity contribution in [3.63, 3.8) is 0 Å². The third kappa shape index (κ3) is 5.26. The largest absolute Gasteiger partial charge is 0.353 e. The van der Waals surface area contributed by atoms with Gasteiger partial charge in [0.2, 0.25) is 5.91 Å². The number of rotatable bonds is 6. The monoisotopic (exact) mass is 368 g/mol. The summed E-state index contributed by atoms with van der Waals surface area (Å²) in [5.74, 6) is 0.602. The molecule has 6 nitrogen and oxygen atoms in total. The van der Waals surface area contributed by atoms with E-state index in [0.29, 0.717) is 18.3 Å². The molecule has 3 rings (SSSR count). The average molecular weight is 368 g/mol. The number of likely N-dealkylation sites (tertiary alicyclic amines) is 1. The van der Waals surface area contributed by atoms with Gasteiger partial charge in [-0.05, 0) is 44.8 Å². The Morgan fingerprint density at radius 1 is 1.19 bits per heavy atom. The molecule has 27 heavy (non-hydrogen) atoms. The number of piperidine rings is 1. The summed E-state index contributed by atoms with van der Waals surface area (Å²) in [5.41, 5.74) is 1.32. The van der Waals surface area contributed by atoms with Crippen LogP contribution in [0.4, 0.5) is 0 Å². The van der Waals surface area contributed by atoms with Gasteiger partial charge in [0.25, 0.3) is 5.56 Å². The van der Waals surface area contributed by atoms with Crippen LogP contribution >= 0.6 is 0 Å². The zero-order chi connectivity index (χ0) is 19.2. The second-order valence-electron chi connectivity index (χ2n) is 7.45. The maximum absolute atomic E-state index is 12.3. The molecular weight excluding hydrogens is 340 g/mol. The van der Waals surface area contributed by atoms with Gasteiger partial charge in [-0.25, -0.2) is 4.68 Å². The summed E-state index contributed by atoms with van der Waals surface area (Å²) in [6.07, 6.45) is 2.42. The van der Waals surface area contributed by atoms with E-state index in [2.05, 4.69) is 29.2 Å². The van der Waals surface area contributed by atoms with Gasteiger partial charge in [0.1, 0.15) is 6.54 Å². The van der Waals surface area contributed by atoms with Gasteiger partial charge in [-0.1, -0.05) is 37.3 Å². The standard InChI is InChI=1S/C21H28N4O2/c1-16-10-12-24(13-11-16)17(2)14-22-20(26)15-25-21(27)9-8-19(23-25)18-6-4-3-5-7-18/h3-9,16-17H,10-15H2,1-2H3,(H,22,26)/t17-/m1/s1. The molecule has 1 aliphatic heterocycles. The predicted octanol–water partition coefficient (Wildman–Crippen LogP) is 2.15. The predicted molar refractivity (Wildman–Crippen MR) is 106 cm³/mol. The van der Waals surface area contributed by atoms with Crippen LogP contribution < -0.4 is 10.9 Å². The van der Waals surface area contributed by atoms with Gasteiger partial charge < -0.3 is 5.32 Å². The Morgan fingerprint density at radius 2 is 1.89 bits per heavy atom. The molecule has 0 radical (unpaired) electrons.